The summed E-state index contributed by atoms with van der Waals surface area (Å²) in [5.41, 5.74) is 4.79. The van der Waals surface area contributed by atoms with Crippen molar-refractivity contribution < 1.29 is 23.8 Å². The summed E-state index contributed by atoms with van der Waals surface area (Å²) in [4.78, 5) is 24.5. The van der Waals surface area contributed by atoms with E-state index in [2.05, 4.69) is 4.98 Å². The first-order valence-corrected chi connectivity index (χ1v) is 7.92. The summed E-state index contributed by atoms with van der Waals surface area (Å²) in [7, 11) is -3.72. The van der Waals surface area contributed by atoms with Gasteiger partial charge in [-0.3, -0.25) is 9.13 Å². The molecule has 112 valence electrons. The van der Waals surface area contributed by atoms with Gasteiger partial charge in [0.25, 0.3) is 0 Å². The number of ether oxygens (including phenoxy) is 1. The highest BCUT2D eigenvalue weighted by Crippen LogP contribution is 2.43. The van der Waals surface area contributed by atoms with E-state index in [0.717, 1.165) is 6.66 Å². The van der Waals surface area contributed by atoms with Crippen molar-refractivity contribution in [2.75, 3.05) is 19.0 Å². The molecule has 1 saturated heterocycles. The molecule has 0 aromatic carbocycles. The fraction of sp³-hybridized carbons (Fsp3) is 0.600. The van der Waals surface area contributed by atoms with Gasteiger partial charge in [-0.25, -0.2) is 4.79 Å². The first-order chi connectivity index (χ1) is 9.30. The van der Waals surface area contributed by atoms with Crippen molar-refractivity contribution in [1.82, 2.24) is 9.55 Å². The van der Waals surface area contributed by atoms with Gasteiger partial charge in [-0.05, 0) is 6.07 Å². The SMILES string of the molecule is CP(=O)(O)OC1C[C@H](n2ccc(N)nc2=O)O[C@@H]1CO. The number of aliphatic hydroxyl groups is 1. The highest BCUT2D eigenvalue weighted by atomic mass is 31.2. The van der Waals surface area contributed by atoms with Gasteiger partial charge in [0, 0.05) is 19.3 Å². The van der Waals surface area contributed by atoms with Crippen LogP contribution in [0, 0.1) is 0 Å². The zero-order chi connectivity index (χ0) is 14.9. The Labute approximate surface area is 114 Å². The average molecular weight is 305 g/mol. The van der Waals surface area contributed by atoms with Crippen LogP contribution < -0.4 is 11.4 Å². The Balaban J connectivity index is 2.20. The fourth-order valence-electron chi connectivity index (χ4n) is 2.04. The lowest BCUT2D eigenvalue weighted by atomic mass is 10.2. The van der Waals surface area contributed by atoms with E-state index < -0.39 is 38.3 Å². The molecule has 10 heteroatoms. The molecule has 4 N–H and O–H groups in total. The number of hydrogen-bond donors (Lipinski definition) is 3. The van der Waals surface area contributed by atoms with Crippen LogP contribution in [0.15, 0.2) is 17.1 Å². The summed E-state index contributed by atoms with van der Waals surface area (Å²) in [6.07, 6.45) is -0.740. The van der Waals surface area contributed by atoms with Gasteiger partial charge in [0.1, 0.15) is 18.1 Å². The van der Waals surface area contributed by atoms with E-state index in [0.29, 0.717) is 0 Å². The Morgan fingerprint density at radius 1 is 1.70 bits per heavy atom. The predicted octanol–water partition coefficient (Wildman–Crippen LogP) is -0.694. The number of aliphatic hydroxyl groups excluding tert-OH is 1. The van der Waals surface area contributed by atoms with Crippen molar-refractivity contribution in [3.8, 4) is 0 Å². The summed E-state index contributed by atoms with van der Waals surface area (Å²) in [6, 6.07) is 1.43. The lowest BCUT2D eigenvalue weighted by Crippen LogP contribution is -2.28. The van der Waals surface area contributed by atoms with E-state index in [4.69, 9.17) is 15.0 Å². The monoisotopic (exact) mass is 305 g/mol. The van der Waals surface area contributed by atoms with Gasteiger partial charge >= 0.3 is 13.3 Å². The van der Waals surface area contributed by atoms with Crippen LogP contribution in [0.3, 0.4) is 0 Å². The third kappa shape index (κ3) is 3.44. The van der Waals surface area contributed by atoms with E-state index >= 15 is 0 Å². The van der Waals surface area contributed by atoms with Crippen LogP contribution in [-0.2, 0) is 13.8 Å². The molecular formula is C10H16N3O6P. The smallest absolute Gasteiger partial charge is 0.351 e. The van der Waals surface area contributed by atoms with Crippen molar-refractivity contribution in [1.29, 1.82) is 0 Å². The Hall–Kier alpha value is -1.25. The first-order valence-electron chi connectivity index (χ1n) is 5.90. The van der Waals surface area contributed by atoms with Gasteiger partial charge < -0.3 is 25.0 Å². The topological polar surface area (TPSA) is 137 Å². The van der Waals surface area contributed by atoms with Crippen LogP contribution in [-0.4, -0.2) is 45.0 Å². The quantitative estimate of drug-likeness (QED) is 0.621. The molecule has 0 spiro atoms. The highest BCUT2D eigenvalue weighted by molar-refractivity contribution is 7.51. The van der Waals surface area contributed by atoms with Crippen molar-refractivity contribution in [2.45, 2.75) is 24.9 Å². The molecule has 4 atom stereocenters. The minimum atomic E-state index is -3.72. The second kappa shape index (κ2) is 5.63. The van der Waals surface area contributed by atoms with E-state index in [9.17, 15) is 19.4 Å². The molecule has 0 amide bonds. The van der Waals surface area contributed by atoms with E-state index in [-0.39, 0.29) is 12.2 Å². The maximum absolute atomic E-state index is 11.7. The van der Waals surface area contributed by atoms with E-state index in [1.54, 1.807) is 0 Å². The van der Waals surface area contributed by atoms with Crippen LogP contribution in [0.2, 0.25) is 0 Å². The Bertz CT molecular complexity index is 585. The molecule has 20 heavy (non-hydrogen) atoms. The number of nitrogen functional groups attached to an aromatic ring is 1. The Kier molecular flexibility index (Phi) is 4.26. The Morgan fingerprint density at radius 2 is 2.40 bits per heavy atom. The lowest BCUT2D eigenvalue weighted by Gasteiger charge is -2.17. The van der Waals surface area contributed by atoms with Gasteiger partial charge in [-0.15, -0.1) is 0 Å². The van der Waals surface area contributed by atoms with Crippen LogP contribution in [0.4, 0.5) is 5.82 Å². The molecular weight excluding hydrogens is 289 g/mol. The molecule has 2 rings (SSSR count). The predicted molar refractivity (Wildman–Crippen MR) is 69.1 cm³/mol. The number of anilines is 1. The van der Waals surface area contributed by atoms with Gasteiger partial charge in [-0.2, -0.15) is 4.98 Å². The molecule has 0 radical (unpaired) electrons. The number of hydrogen-bond acceptors (Lipinski definition) is 7. The number of nitrogens with two attached hydrogens (primary N) is 1. The van der Waals surface area contributed by atoms with Crippen molar-refractivity contribution in [2.24, 2.45) is 0 Å². The van der Waals surface area contributed by atoms with E-state index in [1.165, 1.54) is 16.8 Å². The molecule has 0 bridgehead atoms. The van der Waals surface area contributed by atoms with Gasteiger partial charge in [0.05, 0.1) is 12.7 Å². The zero-order valence-corrected chi connectivity index (χ0v) is 11.6. The maximum Gasteiger partial charge on any atom is 0.351 e. The summed E-state index contributed by atoms with van der Waals surface area (Å²) >= 11 is 0. The zero-order valence-electron chi connectivity index (χ0n) is 10.7. The molecule has 0 saturated carbocycles. The van der Waals surface area contributed by atoms with Crippen LogP contribution in [0.5, 0.6) is 0 Å². The third-order valence-corrected chi connectivity index (χ3v) is 3.52. The molecule has 2 unspecified atom stereocenters. The normalized spacial score (nSPS) is 29.2. The molecule has 9 nitrogen and oxygen atoms in total. The number of aromatic nitrogens is 2. The highest BCUT2D eigenvalue weighted by Gasteiger charge is 2.39. The maximum atomic E-state index is 11.7. The molecule has 0 aliphatic carbocycles. The molecule has 2 heterocycles. The first kappa shape index (κ1) is 15.1. The van der Waals surface area contributed by atoms with Crippen LogP contribution >= 0.6 is 7.60 Å². The number of rotatable bonds is 4. The second-order valence-corrected chi connectivity index (χ2v) is 6.35. The number of nitrogens with zero attached hydrogens (tertiary/aromatic N) is 2. The van der Waals surface area contributed by atoms with Gasteiger partial charge in [-0.1, -0.05) is 0 Å². The Morgan fingerprint density at radius 3 is 2.95 bits per heavy atom. The van der Waals surface area contributed by atoms with Gasteiger partial charge in [0.2, 0.25) is 0 Å². The van der Waals surface area contributed by atoms with E-state index in [1.807, 2.05) is 0 Å². The summed E-state index contributed by atoms with van der Waals surface area (Å²) < 4.78 is 22.9. The second-order valence-electron chi connectivity index (χ2n) is 4.54. The van der Waals surface area contributed by atoms with Gasteiger partial charge in [0.15, 0.2) is 0 Å². The average Bonchev–Trinajstić information content (AvgIpc) is 2.69. The molecule has 1 aliphatic heterocycles. The minimum Gasteiger partial charge on any atom is -0.394 e. The summed E-state index contributed by atoms with van der Waals surface area (Å²) in [5.74, 6) is 0.0872. The standard InChI is InChI=1S/C10H16N3O6P/c1-20(16,17)19-6-4-9(18-7(6)5-14)13-3-2-8(11)12-10(13)15/h2-3,6-7,9,14H,4-5H2,1H3,(H,16,17)(H2,11,12,15)/t6?,7-,9-/m1/s1. The summed E-state index contributed by atoms with van der Waals surface area (Å²) in [6.45, 7) is 0.657. The summed E-state index contributed by atoms with van der Waals surface area (Å²) in [5, 5.41) is 9.21. The third-order valence-electron chi connectivity index (χ3n) is 2.85. The van der Waals surface area contributed by atoms with Crippen LogP contribution in [0.1, 0.15) is 12.6 Å². The molecule has 1 aromatic heterocycles. The van der Waals surface area contributed by atoms with Crippen molar-refractivity contribution >= 4 is 13.4 Å². The largest absolute Gasteiger partial charge is 0.394 e. The fourth-order valence-corrected chi connectivity index (χ4v) is 2.77. The molecule has 1 aromatic rings. The lowest BCUT2D eigenvalue weighted by molar-refractivity contribution is -0.0429. The molecule has 1 aliphatic rings. The van der Waals surface area contributed by atoms with Crippen molar-refractivity contribution in [3.05, 3.63) is 22.7 Å². The van der Waals surface area contributed by atoms with Crippen molar-refractivity contribution in [3.63, 3.8) is 0 Å². The van der Waals surface area contributed by atoms with Crippen LogP contribution in [0.25, 0.3) is 0 Å². The minimum absolute atomic E-state index is 0.0872. The molecule has 1 fully saturated rings.